The van der Waals surface area contributed by atoms with Gasteiger partial charge in [0, 0.05) is 37.5 Å². The second-order valence-corrected chi connectivity index (χ2v) is 9.20. The van der Waals surface area contributed by atoms with Crippen LogP contribution in [0.25, 0.3) is 0 Å². The monoisotopic (exact) mass is 408 g/mol. The Morgan fingerprint density at radius 1 is 1.18 bits per heavy atom. The Morgan fingerprint density at radius 3 is 2.36 bits per heavy atom. The normalized spacial score (nSPS) is 12.1. The Kier molecular flexibility index (Phi) is 7.31. The van der Waals surface area contributed by atoms with Crippen molar-refractivity contribution in [3.63, 3.8) is 0 Å². The predicted molar refractivity (Wildman–Crippen MR) is 106 cm³/mol. The minimum Gasteiger partial charge on any atom is -0.352 e. The molecule has 0 aliphatic carbocycles. The highest BCUT2D eigenvalue weighted by molar-refractivity contribution is 7.89. The maximum atomic E-state index is 12.4. The molecule has 0 atom stereocenters. The molecular weight excluding hydrogens is 380 g/mol. The van der Waals surface area contributed by atoms with Crippen molar-refractivity contribution in [2.75, 3.05) is 13.6 Å². The minimum atomic E-state index is -3.56. The number of carbonyl (C=O) groups is 1. The van der Waals surface area contributed by atoms with E-state index < -0.39 is 10.0 Å². The number of amides is 1. The van der Waals surface area contributed by atoms with Gasteiger partial charge in [0.25, 0.3) is 5.91 Å². The van der Waals surface area contributed by atoms with E-state index in [2.05, 4.69) is 15.5 Å². The maximum Gasteiger partial charge on any atom is 0.251 e. The summed E-state index contributed by atoms with van der Waals surface area (Å²) in [6, 6.07) is 5.79. The second kappa shape index (κ2) is 9.29. The number of rotatable bonds is 9. The summed E-state index contributed by atoms with van der Waals surface area (Å²) in [6.07, 6.45) is 1.25. The summed E-state index contributed by atoms with van der Waals surface area (Å²) in [5.74, 6) is 1.19. The molecule has 2 rings (SSSR count). The van der Waals surface area contributed by atoms with E-state index in [9.17, 15) is 13.2 Å². The van der Waals surface area contributed by atoms with Crippen LogP contribution in [0.3, 0.4) is 0 Å². The Hall–Kier alpha value is -2.26. The molecule has 28 heavy (non-hydrogen) atoms. The molecule has 0 radical (unpaired) electrons. The standard InChI is InChI=1S/C19H28N4O4S/c1-13(2)18-21-17(27-22-18)7-6-12-20-19(24)15-8-10-16(11-9-15)28(25,26)23(5)14(3)4/h8-11,13-14H,6-7,12H2,1-5H3,(H,20,24). The van der Waals surface area contributed by atoms with Gasteiger partial charge >= 0.3 is 0 Å². The van der Waals surface area contributed by atoms with Gasteiger partial charge in [-0.3, -0.25) is 4.79 Å². The van der Waals surface area contributed by atoms with Crippen LogP contribution >= 0.6 is 0 Å². The van der Waals surface area contributed by atoms with Crippen molar-refractivity contribution in [1.29, 1.82) is 0 Å². The largest absolute Gasteiger partial charge is 0.352 e. The number of hydrogen-bond acceptors (Lipinski definition) is 6. The average Bonchev–Trinajstić information content (AvgIpc) is 3.13. The van der Waals surface area contributed by atoms with Crippen LogP contribution in [0.1, 0.15) is 62.1 Å². The fourth-order valence-corrected chi connectivity index (χ4v) is 3.74. The van der Waals surface area contributed by atoms with E-state index in [1.807, 2.05) is 13.8 Å². The molecule has 0 saturated heterocycles. The Labute approximate surface area is 166 Å². The summed E-state index contributed by atoms with van der Waals surface area (Å²) >= 11 is 0. The highest BCUT2D eigenvalue weighted by Crippen LogP contribution is 2.17. The number of carbonyl (C=O) groups excluding carboxylic acids is 1. The van der Waals surface area contributed by atoms with Crippen LogP contribution in [0.5, 0.6) is 0 Å². The van der Waals surface area contributed by atoms with Gasteiger partial charge < -0.3 is 9.84 Å². The summed E-state index contributed by atoms with van der Waals surface area (Å²) < 4.78 is 31.4. The molecule has 1 heterocycles. The van der Waals surface area contributed by atoms with Gasteiger partial charge in [-0.2, -0.15) is 9.29 Å². The molecule has 8 nitrogen and oxygen atoms in total. The molecule has 0 aliphatic heterocycles. The quantitative estimate of drug-likeness (QED) is 0.639. The third kappa shape index (κ3) is 5.39. The number of benzene rings is 1. The zero-order valence-corrected chi connectivity index (χ0v) is 17.8. The van der Waals surface area contributed by atoms with Crippen molar-refractivity contribution in [3.05, 3.63) is 41.5 Å². The molecule has 1 amide bonds. The summed E-state index contributed by atoms with van der Waals surface area (Å²) in [5, 5.41) is 6.71. The molecule has 0 fully saturated rings. The lowest BCUT2D eigenvalue weighted by atomic mass is 10.2. The second-order valence-electron chi connectivity index (χ2n) is 7.20. The first-order valence-electron chi connectivity index (χ1n) is 9.31. The first-order valence-corrected chi connectivity index (χ1v) is 10.8. The predicted octanol–water partition coefficient (Wildman–Crippen LogP) is 2.58. The van der Waals surface area contributed by atoms with Gasteiger partial charge in [0.1, 0.15) is 0 Å². The van der Waals surface area contributed by atoms with Gasteiger partial charge in [0.2, 0.25) is 15.9 Å². The van der Waals surface area contributed by atoms with Crippen LogP contribution < -0.4 is 5.32 Å². The van der Waals surface area contributed by atoms with E-state index in [4.69, 9.17) is 4.52 Å². The lowest BCUT2D eigenvalue weighted by molar-refractivity contribution is 0.0952. The van der Waals surface area contributed by atoms with Crippen molar-refractivity contribution in [2.45, 2.75) is 57.4 Å². The van der Waals surface area contributed by atoms with Crippen molar-refractivity contribution in [2.24, 2.45) is 0 Å². The summed E-state index contributed by atoms with van der Waals surface area (Å²) in [6.45, 7) is 8.04. The summed E-state index contributed by atoms with van der Waals surface area (Å²) in [7, 11) is -2.02. The van der Waals surface area contributed by atoms with E-state index in [0.29, 0.717) is 36.7 Å². The Morgan fingerprint density at radius 2 is 1.82 bits per heavy atom. The molecule has 0 saturated carbocycles. The molecule has 1 aromatic heterocycles. The number of aryl methyl sites for hydroxylation is 1. The number of hydrogen-bond donors (Lipinski definition) is 1. The van der Waals surface area contributed by atoms with Gasteiger partial charge in [-0.1, -0.05) is 19.0 Å². The van der Waals surface area contributed by atoms with E-state index in [-0.39, 0.29) is 22.8 Å². The van der Waals surface area contributed by atoms with E-state index in [1.54, 1.807) is 13.8 Å². The van der Waals surface area contributed by atoms with Crippen molar-refractivity contribution in [3.8, 4) is 0 Å². The van der Waals surface area contributed by atoms with Crippen LogP contribution in [0.2, 0.25) is 0 Å². The summed E-state index contributed by atoms with van der Waals surface area (Å²) in [5.41, 5.74) is 0.408. The molecule has 0 spiro atoms. The maximum absolute atomic E-state index is 12.4. The van der Waals surface area contributed by atoms with Crippen molar-refractivity contribution < 1.29 is 17.7 Å². The van der Waals surface area contributed by atoms with Gasteiger partial charge in [0.05, 0.1) is 4.90 Å². The molecule has 0 aliphatic rings. The lowest BCUT2D eigenvalue weighted by Crippen LogP contribution is -2.33. The topological polar surface area (TPSA) is 105 Å². The molecule has 1 aromatic carbocycles. The lowest BCUT2D eigenvalue weighted by Gasteiger charge is -2.21. The van der Waals surface area contributed by atoms with E-state index in [1.165, 1.54) is 35.6 Å². The highest BCUT2D eigenvalue weighted by Gasteiger charge is 2.23. The van der Waals surface area contributed by atoms with Gasteiger partial charge in [-0.05, 0) is 44.5 Å². The van der Waals surface area contributed by atoms with Crippen LogP contribution in [0.4, 0.5) is 0 Å². The van der Waals surface area contributed by atoms with Crippen LogP contribution in [-0.2, 0) is 16.4 Å². The van der Waals surface area contributed by atoms with Crippen LogP contribution in [0, 0.1) is 0 Å². The smallest absolute Gasteiger partial charge is 0.251 e. The molecule has 9 heteroatoms. The third-order valence-corrected chi connectivity index (χ3v) is 6.42. The van der Waals surface area contributed by atoms with E-state index in [0.717, 1.165) is 0 Å². The van der Waals surface area contributed by atoms with Gasteiger partial charge in [-0.15, -0.1) is 0 Å². The average molecular weight is 409 g/mol. The highest BCUT2D eigenvalue weighted by atomic mass is 32.2. The third-order valence-electron chi connectivity index (χ3n) is 4.37. The molecule has 154 valence electrons. The fraction of sp³-hybridized carbons (Fsp3) is 0.526. The van der Waals surface area contributed by atoms with Crippen molar-refractivity contribution >= 4 is 15.9 Å². The fourth-order valence-electron chi connectivity index (χ4n) is 2.37. The van der Waals surface area contributed by atoms with Gasteiger partial charge in [0.15, 0.2) is 5.82 Å². The van der Waals surface area contributed by atoms with Gasteiger partial charge in [-0.25, -0.2) is 8.42 Å². The number of aromatic nitrogens is 2. The van der Waals surface area contributed by atoms with E-state index >= 15 is 0 Å². The number of nitrogens with zero attached hydrogens (tertiary/aromatic N) is 3. The zero-order valence-electron chi connectivity index (χ0n) is 17.0. The SMILES string of the molecule is CC(C)c1noc(CCCNC(=O)c2ccc(S(=O)(=O)N(C)C(C)C)cc2)n1. The minimum absolute atomic E-state index is 0.150. The molecule has 2 aromatic rings. The van der Waals surface area contributed by atoms with Crippen LogP contribution in [-0.4, -0.2) is 48.4 Å². The Bertz CT molecular complexity index is 889. The molecule has 0 bridgehead atoms. The molecular formula is C19H28N4O4S. The first-order chi connectivity index (χ1) is 13.1. The molecule has 0 unspecified atom stereocenters. The van der Waals surface area contributed by atoms with Crippen molar-refractivity contribution in [1.82, 2.24) is 19.8 Å². The number of nitrogens with one attached hydrogen (secondary N) is 1. The first kappa shape index (κ1) is 22.0. The number of sulfonamides is 1. The Balaban J connectivity index is 1.87. The zero-order chi connectivity index (χ0) is 20.9. The van der Waals surface area contributed by atoms with Crippen LogP contribution in [0.15, 0.2) is 33.7 Å². The summed E-state index contributed by atoms with van der Waals surface area (Å²) in [4.78, 5) is 16.7. The molecule has 1 N–H and O–H groups in total.